The minimum absolute atomic E-state index is 0.0747. The average Bonchev–Trinajstić information content (AvgIpc) is 2.48. The van der Waals surface area contributed by atoms with Crippen molar-refractivity contribution in [2.24, 2.45) is 0 Å². The van der Waals surface area contributed by atoms with E-state index in [2.05, 4.69) is 5.32 Å². The molecule has 0 aromatic heterocycles. The van der Waals surface area contributed by atoms with E-state index in [0.29, 0.717) is 17.0 Å². The van der Waals surface area contributed by atoms with Crippen LogP contribution in [0.15, 0.2) is 18.2 Å². The molecule has 0 spiro atoms. The van der Waals surface area contributed by atoms with Crippen molar-refractivity contribution in [3.8, 4) is 5.75 Å². The Morgan fingerprint density at radius 2 is 2.29 bits per heavy atom. The van der Waals surface area contributed by atoms with Crippen LogP contribution >= 0.6 is 0 Å². The predicted molar refractivity (Wildman–Crippen MR) is 63.6 cm³/mol. The number of fused-ring (bicyclic) bond motifs is 1. The summed E-state index contributed by atoms with van der Waals surface area (Å²) in [6, 6.07) is 4.66. The number of likely N-dealkylation sites (N-methyl/N-ethyl adjacent to an activating group) is 2. The van der Waals surface area contributed by atoms with Crippen LogP contribution in [-0.4, -0.2) is 38.9 Å². The number of nitrogens with one attached hydrogen (secondary N) is 1. The maximum atomic E-state index is 12.0. The van der Waals surface area contributed by atoms with Gasteiger partial charge in [-0.25, -0.2) is 0 Å². The molecule has 0 unspecified atom stereocenters. The molecule has 0 saturated heterocycles. The lowest BCUT2D eigenvalue weighted by Gasteiger charge is -2.19. The lowest BCUT2D eigenvalue weighted by molar-refractivity contribution is -0.120. The van der Waals surface area contributed by atoms with E-state index in [0.717, 1.165) is 6.29 Å². The number of aldehydes is 1. The fourth-order valence-electron chi connectivity index (χ4n) is 1.80. The average molecular weight is 234 g/mol. The Morgan fingerprint density at radius 1 is 1.53 bits per heavy atom. The third kappa shape index (κ3) is 2.01. The molecule has 1 atom stereocenters. The van der Waals surface area contributed by atoms with Crippen molar-refractivity contribution in [2.45, 2.75) is 6.04 Å². The molecule has 1 aliphatic heterocycles. The van der Waals surface area contributed by atoms with E-state index in [1.807, 2.05) is 0 Å². The molecule has 0 aliphatic carbocycles. The van der Waals surface area contributed by atoms with E-state index in [1.54, 1.807) is 32.3 Å². The third-order valence-corrected chi connectivity index (χ3v) is 2.86. The minimum Gasteiger partial charge on any atom is -0.489 e. The molecule has 0 radical (unpaired) electrons. The lowest BCUT2D eigenvalue weighted by Crippen LogP contribution is -2.45. The van der Waals surface area contributed by atoms with Gasteiger partial charge in [0.15, 0.2) is 0 Å². The topological polar surface area (TPSA) is 58.6 Å². The summed E-state index contributed by atoms with van der Waals surface area (Å²) >= 11 is 0. The summed E-state index contributed by atoms with van der Waals surface area (Å²) in [7, 11) is 3.39. The first-order valence-electron chi connectivity index (χ1n) is 5.34. The maximum absolute atomic E-state index is 12.0. The predicted octanol–water partition coefficient (Wildman–Crippen LogP) is 0.442. The highest BCUT2D eigenvalue weighted by Gasteiger charge is 2.28. The molecular formula is C12H14N2O3. The maximum Gasteiger partial charge on any atom is 0.247 e. The Labute approximate surface area is 99.4 Å². The van der Waals surface area contributed by atoms with Crippen molar-refractivity contribution < 1.29 is 14.3 Å². The molecule has 17 heavy (non-hydrogen) atoms. The molecule has 1 aromatic rings. The zero-order chi connectivity index (χ0) is 12.4. The number of carbonyl (C=O) groups is 2. The van der Waals surface area contributed by atoms with Gasteiger partial charge in [0.25, 0.3) is 0 Å². The van der Waals surface area contributed by atoms with Gasteiger partial charge in [0.2, 0.25) is 5.91 Å². The SMILES string of the molecule is CN[C@H]1COc2ccc(C=O)cc2N(C)C1=O. The molecule has 0 saturated carbocycles. The molecule has 1 aliphatic rings. The van der Waals surface area contributed by atoms with E-state index < -0.39 is 0 Å². The molecular weight excluding hydrogens is 220 g/mol. The first-order valence-corrected chi connectivity index (χ1v) is 5.34. The number of hydrogen-bond donors (Lipinski definition) is 1. The van der Waals surface area contributed by atoms with Gasteiger partial charge in [-0.15, -0.1) is 0 Å². The first-order chi connectivity index (χ1) is 8.17. The van der Waals surface area contributed by atoms with Crippen molar-refractivity contribution in [3.05, 3.63) is 23.8 Å². The van der Waals surface area contributed by atoms with E-state index >= 15 is 0 Å². The van der Waals surface area contributed by atoms with Crippen molar-refractivity contribution in [3.63, 3.8) is 0 Å². The summed E-state index contributed by atoms with van der Waals surface area (Å²) in [5.74, 6) is 0.540. The Balaban J connectivity index is 2.44. The molecule has 0 bridgehead atoms. The number of hydrogen-bond acceptors (Lipinski definition) is 4. The highest BCUT2D eigenvalue weighted by atomic mass is 16.5. The van der Waals surface area contributed by atoms with Gasteiger partial charge in [0, 0.05) is 12.6 Å². The van der Waals surface area contributed by atoms with Crippen LogP contribution in [0.5, 0.6) is 5.75 Å². The standard InChI is InChI=1S/C12H14N2O3/c1-13-9-7-17-11-4-3-8(6-15)5-10(11)14(2)12(9)16/h3-6,9,13H,7H2,1-2H3/t9-/m0/s1. The smallest absolute Gasteiger partial charge is 0.247 e. The molecule has 5 nitrogen and oxygen atoms in total. The van der Waals surface area contributed by atoms with Crippen molar-refractivity contribution in [2.75, 3.05) is 25.6 Å². The van der Waals surface area contributed by atoms with Gasteiger partial charge in [-0.1, -0.05) is 0 Å². The second kappa shape index (κ2) is 4.55. The lowest BCUT2D eigenvalue weighted by atomic mass is 10.2. The zero-order valence-electron chi connectivity index (χ0n) is 9.77. The van der Waals surface area contributed by atoms with E-state index in [1.165, 1.54) is 4.90 Å². The summed E-state index contributed by atoms with van der Waals surface area (Å²) < 4.78 is 5.55. The number of rotatable bonds is 2. The van der Waals surface area contributed by atoms with Crippen LogP contribution in [0.1, 0.15) is 10.4 Å². The fraction of sp³-hybridized carbons (Fsp3) is 0.333. The van der Waals surface area contributed by atoms with E-state index in [4.69, 9.17) is 4.74 Å². The van der Waals surface area contributed by atoms with Gasteiger partial charge >= 0.3 is 0 Å². The summed E-state index contributed by atoms with van der Waals surface area (Å²) in [6.07, 6.45) is 0.749. The third-order valence-electron chi connectivity index (χ3n) is 2.86. The second-order valence-electron chi connectivity index (χ2n) is 3.89. The Morgan fingerprint density at radius 3 is 2.94 bits per heavy atom. The summed E-state index contributed by atoms with van der Waals surface area (Å²) in [5, 5.41) is 2.90. The van der Waals surface area contributed by atoms with E-state index in [9.17, 15) is 9.59 Å². The minimum atomic E-state index is -0.368. The number of nitrogens with zero attached hydrogens (tertiary/aromatic N) is 1. The van der Waals surface area contributed by atoms with Crippen molar-refractivity contribution in [1.82, 2.24) is 5.32 Å². The molecule has 5 heteroatoms. The van der Waals surface area contributed by atoms with Gasteiger partial charge in [-0.2, -0.15) is 0 Å². The highest BCUT2D eigenvalue weighted by Crippen LogP contribution is 2.31. The van der Waals surface area contributed by atoms with E-state index in [-0.39, 0.29) is 18.6 Å². The molecule has 0 fully saturated rings. The summed E-state index contributed by atoms with van der Waals surface area (Å²) in [6.45, 7) is 0.285. The first kappa shape index (κ1) is 11.6. The number of ether oxygens (including phenoxy) is 1. The normalized spacial score (nSPS) is 19.3. The van der Waals surface area contributed by atoms with Crippen LogP contribution in [0.2, 0.25) is 0 Å². The second-order valence-corrected chi connectivity index (χ2v) is 3.89. The van der Waals surface area contributed by atoms with Crippen LogP contribution in [-0.2, 0) is 4.79 Å². The summed E-state index contributed by atoms with van der Waals surface area (Å²) in [5.41, 5.74) is 1.15. The highest BCUT2D eigenvalue weighted by molar-refractivity contribution is 5.99. The Bertz CT molecular complexity index is 459. The fourth-order valence-corrected chi connectivity index (χ4v) is 1.80. The monoisotopic (exact) mass is 234 g/mol. The van der Waals surface area contributed by atoms with Gasteiger partial charge in [0.05, 0.1) is 5.69 Å². The zero-order valence-corrected chi connectivity index (χ0v) is 9.77. The van der Waals surface area contributed by atoms with Crippen LogP contribution in [0, 0.1) is 0 Å². The van der Waals surface area contributed by atoms with Gasteiger partial charge in [-0.3, -0.25) is 9.59 Å². The largest absolute Gasteiger partial charge is 0.489 e. The molecule has 1 aromatic carbocycles. The quantitative estimate of drug-likeness (QED) is 0.754. The van der Waals surface area contributed by atoms with Crippen LogP contribution in [0.25, 0.3) is 0 Å². The number of carbonyl (C=O) groups excluding carboxylic acids is 2. The summed E-state index contributed by atoms with van der Waals surface area (Å²) in [4.78, 5) is 24.3. The number of amides is 1. The van der Waals surface area contributed by atoms with Crippen LogP contribution in [0.4, 0.5) is 5.69 Å². The molecule has 1 heterocycles. The van der Waals surface area contributed by atoms with Crippen LogP contribution < -0.4 is 15.0 Å². The Hall–Kier alpha value is -1.88. The number of anilines is 1. The van der Waals surface area contributed by atoms with Crippen LogP contribution in [0.3, 0.4) is 0 Å². The molecule has 1 amide bonds. The number of benzene rings is 1. The Kier molecular flexibility index (Phi) is 3.10. The molecule has 2 rings (SSSR count). The molecule has 90 valence electrons. The van der Waals surface area contributed by atoms with Gasteiger partial charge in [-0.05, 0) is 25.2 Å². The van der Waals surface area contributed by atoms with Gasteiger partial charge < -0.3 is 15.0 Å². The van der Waals surface area contributed by atoms with Crippen molar-refractivity contribution >= 4 is 17.9 Å². The van der Waals surface area contributed by atoms with Gasteiger partial charge in [0.1, 0.15) is 24.7 Å². The van der Waals surface area contributed by atoms with Crippen molar-refractivity contribution in [1.29, 1.82) is 0 Å². The molecule has 1 N–H and O–H groups in total.